The van der Waals surface area contributed by atoms with Crippen LogP contribution in [0.25, 0.3) is 33.2 Å². The summed E-state index contributed by atoms with van der Waals surface area (Å²) in [4.78, 5) is 47.9. The molecule has 2 aliphatic heterocycles. The van der Waals surface area contributed by atoms with Crippen molar-refractivity contribution in [1.29, 1.82) is 0 Å². The van der Waals surface area contributed by atoms with Crippen LogP contribution in [0.3, 0.4) is 0 Å². The minimum atomic E-state index is -1.11. The molecule has 3 heterocycles. The maximum absolute atomic E-state index is 14.3. The summed E-state index contributed by atoms with van der Waals surface area (Å²) in [6.45, 7) is 1.40. The normalized spacial score (nSPS) is 17.9. The Morgan fingerprint density at radius 3 is 2.32 bits per heavy atom. The molecule has 2 saturated heterocycles. The van der Waals surface area contributed by atoms with E-state index in [0.29, 0.717) is 32.5 Å². The zero-order chi connectivity index (χ0) is 32.3. The van der Waals surface area contributed by atoms with Gasteiger partial charge in [-0.25, -0.2) is 9.78 Å². The Morgan fingerprint density at radius 1 is 0.809 bits per heavy atom. The fraction of sp³-hybridized carbons (Fsp3) is 0.316. The van der Waals surface area contributed by atoms with Gasteiger partial charge in [0.05, 0.1) is 11.0 Å². The van der Waals surface area contributed by atoms with Crippen molar-refractivity contribution in [3.63, 3.8) is 0 Å². The van der Waals surface area contributed by atoms with Crippen molar-refractivity contribution >= 4 is 39.7 Å². The van der Waals surface area contributed by atoms with Crippen LogP contribution >= 0.6 is 0 Å². The van der Waals surface area contributed by atoms with E-state index in [1.165, 1.54) is 4.90 Å². The van der Waals surface area contributed by atoms with E-state index in [4.69, 9.17) is 4.98 Å². The molecule has 7 rings (SSSR count). The topological polar surface area (TPSA) is 108 Å². The highest BCUT2D eigenvalue weighted by Gasteiger charge is 2.36. The van der Waals surface area contributed by atoms with E-state index in [0.717, 1.165) is 64.4 Å². The molecule has 0 bridgehead atoms. The Morgan fingerprint density at radius 2 is 1.53 bits per heavy atom. The molecule has 0 saturated carbocycles. The number of nitrogens with one attached hydrogen (secondary N) is 1. The molecular formula is C38H39N5O4. The Labute approximate surface area is 273 Å². The minimum absolute atomic E-state index is 0.138. The van der Waals surface area contributed by atoms with Gasteiger partial charge in [0.1, 0.15) is 17.9 Å². The first-order valence-corrected chi connectivity index (χ1v) is 16.5. The van der Waals surface area contributed by atoms with E-state index >= 15 is 0 Å². The summed E-state index contributed by atoms with van der Waals surface area (Å²) in [5.74, 6) is 0.383. The predicted octanol–water partition coefficient (Wildman–Crippen LogP) is 6.28. The number of likely N-dealkylation sites (tertiary alicyclic amines) is 2. The van der Waals surface area contributed by atoms with Crippen molar-refractivity contribution < 1.29 is 19.5 Å². The molecule has 0 radical (unpaired) electrons. The lowest BCUT2D eigenvalue weighted by atomic mass is 9.97. The number of rotatable bonds is 7. The number of nitrogens with zero attached hydrogens (tertiary/aromatic N) is 4. The first-order chi connectivity index (χ1) is 23.0. The van der Waals surface area contributed by atoms with E-state index in [-0.39, 0.29) is 11.9 Å². The lowest BCUT2D eigenvalue weighted by Gasteiger charge is -2.37. The largest absolute Gasteiger partial charge is 0.465 e. The van der Waals surface area contributed by atoms with Crippen LogP contribution < -0.4 is 5.32 Å². The monoisotopic (exact) mass is 629 g/mol. The molecule has 0 spiro atoms. The van der Waals surface area contributed by atoms with Crippen molar-refractivity contribution in [1.82, 2.24) is 24.7 Å². The van der Waals surface area contributed by atoms with Crippen molar-refractivity contribution in [3.05, 3.63) is 103 Å². The molecule has 1 aromatic heterocycles. The van der Waals surface area contributed by atoms with Gasteiger partial charge in [0, 0.05) is 37.7 Å². The van der Waals surface area contributed by atoms with Crippen LogP contribution in [0.1, 0.15) is 43.7 Å². The summed E-state index contributed by atoms with van der Waals surface area (Å²) >= 11 is 0. The van der Waals surface area contributed by atoms with Crippen molar-refractivity contribution in [2.75, 3.05) is 19.6 Å². The summed E-state index contributed by atoms with van der Waals surface area (Å²) in [5, 5.41) is 14.9. The van der Waals surface area contributed by atoms with Gasteiger partial charge in [0.25, 0.3) is 0 Å². The van der Waals surface area contributed by atoms with Crippen LogP contribution in [0.15, 0.2) is 97.1 Å². The number of hydrogen-bond acceptors (Lipinski definition) is 4. The molecule has 9 nitrogen and oxygen atoms in total. The highest BCUT2D eigenvalue weighted by atomic mass is 16.4. The number of piperidine rings is 2. The van der Waals surface area contributed by atoms with Crippen LogP contribution in [0.2, 0.25) is 0 Å². The summed E-state index contributed by atoms with van der Waals surface area (Å²) < 4.78 is 2.32. The number of carbonyl (C=O) groups excluding carboxylic acids is 2. The summed E-state index contributed by atoms with van der Waals surface area (Å²) in [5.41, 5.74) is 4.01. The van der Waals surface area contributed by atoms with Gasteiger partial charge in [0.15, 0.2) is 0 Å². The molecule has 2 N–H and O–H groups in total. The Kier molecular flexibility index (Phi) is 8.61. The quantitative estimate of drug-likeness (QED) is 0.220. The van der Waals surface area contributed by atoms with Crippen molar-refractivity contribution in [2.45, 2.75) is 56.7 Å². The minimum Gasteiger partial charge on any atom is -0.465 e. The molecule has 2 atom stereocenters. The van der Waals surface area contributed by atoms with E-state index < -0.39 is 24.1 Å². The summed E-state index contributed by atoms with van der Waals surface area (Å²) in [7, 11) is 0. The van der Waals surface area contributed by atoms with E-state index in [1.54, 1.807) is 0 Å². The summed E-state index contributed by atoms with van der Waals surface area (Å²) in [6, 6.07) is 31.1. The third-order valence-electron chi connectivity index (χ3n) is 9.69. The van der Waals surface area contributed by atoms with Gasteiger partial charge in [-0.1, -0.05) is 84.9 Å². The van der Waals surface area contributed by atoms with E-state index in [2.05, 4.69) is 34.1 Å². The number of aromatic nitrogens is 2. The van der Waals surface area contributed by atoms with Gasteiger partial charge >= 0.3 is 6.09 Å². The lowest BCUT2D eigenvalue weighted by molar-refractivity contribution is -0.139. The number of para-hydroxylation sites is 2. The highest BCUT2D eigenvalue weighted by Crippen LogP contribution is 2.33. The standard InChI is InChI=1S/C38H39N5O4/c44-36(34-16-8-9-21-42(34)38(46)47)40-32(25-26-17-18-27-10-4-5-13-29(27)24-26)37(45)41-22-19-30(20-23-41)43-33-15-7-6-14-31(33)39-35(43)28-11-2-1-3-12-28/h1-7,10-15,17-18,24,30,32,34H,8-9,16,19-23,25H2,(H,40,44)(H,46,47)/t32?,34-/m1/s1. The number of benzene rings is 4. The third-order valence-corrected chi connectivity index (χ3v) is 9.69. The highest BCUT2D eigenvalue weighted by molar-refractivity contribution is 5.92. The van der Waals surface area contributed by atoms with Crippen LogP contribution in [-0.2, 0) is 16.0 Å². The smallest absolute Gasteiger partial charge is 0.407 e. The van der Waals surface area contributed by atoms with Gasteiger partial charge in [-0.05, 0) is 60.6 Å². The Hall–Kier alpha value is -5.18. The van der Waals surface area contributed by atoms with Crippen LogP contribution in [-0.4, -0.2) is 74.1 Å². The maximum Gasteiger partial charge on any atom is 0.407 e. The predicted molar refractivity (Wildman–Crippen MR) is 182 cm³/mol. The van der Waals surface area contributed by atoms with Crippen molar-refractivity contribution in [3.8, 4) is 11.4 Å². The van der Waals surface area contributed by atoms with Gasteiger partial charge in [-0.2, -0.15) is 0 Å². The molecule has 2 aliphatic rings. The molecule has 3 amide bonds. The van der Waals surface area contributed by atoms with Crippen molar-refractivity contribution in [2.24, 2.45) is 0 Å². The second kappa shape index (κ2) is 13.3. The SMILES string of the molecule is O=C(NC(Cc1ccc2ccccc2c1)C(=O)N1CCC(n2c(-c3ccccc3)nc3ccccc32)CC1)[C@H]1CCCCN1C(=O)O. The molecule has 9 heteroatoms. The van der Waals surface area contributed by atoms with Crippen LogP contribution in [0, 0.1) is 0 Å². The molecule has 47 heavy (non-hydrogen) atoms. The van der Waals surface area contributed by atoms with Crippen LogP contribution in [0.5, 0.6) is 0 Å². The van der Waals surface area contributed by atoms with Gasteiger partial charge < -0.3 is 19.9 Å². The molecule has 240 valence electrons. The fourth-order valence-corrected chi connectivity index (χ4v) is 7.27. The summed E-state index contributed by atoms with van der Waals surface area (Å²) in [6.07, 6.45) is 2.65. The van der Waals surface area contributed by atoms with Gasteiger partial charge in [-0.15, -0.1) is 0 Å². The zero-order valence-corrected chi connectivity index (χ0v) is 26.3. The molecule has 1 unspecified atom stereocenters. The van der Waals surface area contributed by atoms with E-state index in [1.807, 2.05) is 77.7 Å². The van der Waals surface area contributed by atoms with Gasteiger partial charge in [-0.3, -0.25) is 14.5 Å². The molecule has 2 fully saturated rings. The van der Waals surface area contributed by atoms with Crippen LogP contribution in [0.4, 0.5) is 4.79 Å². The number of amides is 3. The molecule has 5 aromatic rings. The second-order valence-electron chi connectivity index (χ2n) is 12.7. The zero-order valence-electron chi connectivity index (χ0n) is 26.3. The van der Waals surface area contributed by atoms with Gasteiger partial charge in [0.2, 0.25) is 11.8 Å². The molecular weight excluding hydrogens is 590 g/mol. The fourth-order valence-electron chi connectivity index (χ4n) is 7.27. The number of fused-ring (bicyclic) bond motifs is 2. The average Bonchev–Trinajstić information content (AvgIpc) is 3.51. The third kappa shape index (κ3) is 6.30. The maximum atomic E-state index is 14.3. The molecule has 0 aliphatic carbocycles. The number of hydrogen-bond donors (Lipinski definition) is 2. The number of carboxylic acid groups (broad SMARTS) is 1. The Balaban J connectivity index is 1.13. The second-order valence-corrected chi connectivity index (χ2v) is 12.7. The average molecular weight is 630 g/mol. The number of carbonyl (C=O) groups is 3. The molecule has 4 aromatic carbocycles. The Bertz CT molecular complexity index is 1910. The first kappa shape index (κ1) is 30.5. The van der Waals surface area contributed by atoms with E-state index in [9.17, 15) is 19.5 Å². The number of imidazole rings is 1. The lowest BCUT2D eigenvalue weighted by Crippen LogP contribution is -2.57. The first-order valence-electron chi connectivity index (χ1n) is 16.5.